The van der Waals surface area contributed by atoms with Crippen molar-refractivity contribution < 1.29 is 4.79 Å². The highest BCUT2D eigenvalue weighted by atomic mass is 16.1. The Balaban J connectivity index is 2.53. The highest BCUT2D eigenvalue weighted by Gasteiger charge is 2.34. The molecule has 0 heterocycles. The number of ketones is 1. The fourth-order valence-electron chi connectivity index (χ4n) is 2.32. The molecule has 0 saturated heterocycles. The van der Waals surface area contributed by atoms with E-state index in [-0.39, 0.29) is 5.92 Å². The van der Waals surface area contributed by atoms with Crippen LogP contribution < -0.4 is 0 Å². The molecule has 0 unspecified atom stereocenters. The maximum absolute atomic E-state index is 11.8. The molecular formula is C12H14O. The third kappa shape index (κ3) is 1.11. The first-order valence-electron chi connectivity index (χ1n) is 4.88. The van der Waals surface area contributed by atoms with Gasteiger partial charge in [-0.05, 0) is 17.9 Å². The molecule has 0 fully saturated rings. The van der Waals surface area contributed by atoms with Gasteiger partial charge in [-0.1, -0.05) is 38.1 Å². The highest BCUT2D eigenvalue weighted by Crippen LogP contribution is 2.39. The normalized spacial score (nSPS) is 26.2. The van der Waals surface area contributed by atoms with E-state index in [0.29, 0.717) is 11.7 Å². The van der Waals surface area contributed by atoms with Crippen molar-refractivity contribution in [3.8, 4) is 0 Å². The van der Waals surface area contributed by atoms with Crippen LogP contribution in [0.15, 0.2) is 24.3 Å². The molecule has 0 aliphatic heterocycles. The van der Waals surface area contributed by atoms with E-state index in [2.05, 4.69) is 13.0 Å². The molecule has 0 spiro atoms. The number of fused-ring (bicyclic) bond motifs is 1. The van der Waals surface area contributed by atoms with Crippen LogP contribution in [0.5, 0.6) is 0 Å². The van der Waals surface area contributed by atoms with Gasteiger partial charge in [0.1, 0.15) is 0 Å². The molecule has 1 heteroatoms. The fraction of sp³-hybridized carbons (Fsp3) is 0.417. The minimum absolute atomic E-state index is 0.183. The molecule has 0 bridgehead atoms. The summed E-state index contributed by atoms with van der Waals surface area (Å²) in [6.45, 7) is 4.19. The number of Topliss-reactive ketones (excluding diaryl/α,β-unsaturated/α-hetero) is 1. The van der Waals surface area contributed by atoms with Crippen LogP contribution in [-0.4, -0.2) is 5.78 Å². The fourth-order valence-corrected chi connectivity index (χ4v) is 2.32. The van der Waals surface area contributed by atoms with E-state index in [1.807, 2.05) is 25.1 Å². The van der Waals surface area contributed by atoms with Crippen LogP contribution in [0, 0.1) is 5.92 Å². The molecule has 0 radical (unpaired) electrons. The summed E-state index contributed by atoms with van der Waals surface area (Å²) >= 11 is 0. The van der Waals surface area contributed by atoms with Gasteiger partial charge >= 0.3 is 0 Å². The third-order valence-corrected chi connectivity index (χ3v) is 3.08. The number of hydrogen-bond donors (Lipinski definition) is 0. The lowest BCUT2D eigenvalue weighted by Gasteiger charge is -2.11. The predicted octanol–water partition coefficient (Wildman–Crippen LogP) is 3.01. The Bertz CT molecular complexity index is 341. The van der Waals surface area contributed by atoms with E-state index in [9.17, 15) is 4.79 Å². The highest BCUT2D eigenvalue weighted by molar-refractivity contribution is 6.02. The molecule has 2 atom stereocenters. The zero-order valence-electron chi connectivity index (χ0n) is 8.08. The Morgan fingerprint density at radius 2 is 2.00 bits per heavy atom. The summed E-state index contributed by atoms with van der Waals surface area (Å²) < 4.78 is 0. The second-order valence-corrected chi connectivity index (χ2v) is 3.75. The van der Waals surface area contributed by atoms with E-state index >= 15 is 0 Å². The van der Waals surface area contributed by atoms with Crippen molar-refractivity contribution in [2.75, 3.05) is 0 Å². The van der Waals surface area contributed by atoms with Crippen molar-refractivity contribution in [2.45, 2.75) is 26.2 Å². The van der Waals surface area contributed by atoms with Gasteiger partial charge in [0, 0.05) is 11.5 Å². The predicted molar refractivity (Wildman–Crippen MR) is 53.0 cm³/mol. The summed E-state index contributed by atoms with van der Waals surface area (Å²) in [7, 11) is 0. The SMILES string of the molecule is CC[C@H]1c2ccccc2C(=O)[C@H]1C. The van der Waals surface area contributed by atoms with Crippen LogP contribution in [0.3, 0.4) is 0 Å². The van der Waals surface area contributed by atoms with Gasteiger partial charge in [-0.3, -0.25) is 4.79 Å². The topological polar surface area (TPSA) is 17.1 Å². The van der Waals surface area contributed by atoms with E-state index in [1.165, 1.54) is 5.56 Å². The second-order valence-electron chi connectivity index (χ2n) is 3.75. The molecule has 1 nitrogen and oxygen atoms in total. The van der Waals surface area contributed by atoms with Gasteiger partial charge in [0.15, 0.2) is 5.78 Å². The molecule has 2 rings (SSSR count). The first-order chi connectivity index (χ1) is 6.25. The van der Waals surface area contributed by atoms with E-state index in [1.54, 1.807) is 0 Å². The summed E-state index contributed by atoms with van der Waals surface area (Å²) in [5.41, 5.74) is 2.20. The molecule has 0 aromatic heterocycles. The summed E-state index contributed by atoms with van der Waals surface area (Å²) in [5.74, 6) is 0.952. The van der Waals surface area contributed by atoms with Crippen LogP contribution in [0.25, 0.3) is 0 Å². The molecule has 0 saturated carbocycles. The van der Waals surface area contributed by atoms with Crippen molar-refractivity contribution in [3.05, 3.63) is 35.4 Å². The zero-order valence-corrected chi connectivity index (χ0v) is 8.08. The van der Waals surface area contributed by atoms with E-state index in [4.69, 9.17) is 0 Å². The number of carbonyl (C=O) groups is 1. The Morgan fingerprint density at radius 3 is 2.69 bits per heavy atom. The second kappa shape index (κ2) is 2.99. The van der Waals surface area contributed by atoms with Crippen molar-refractivity contribution in [2.24, 2.45) is 5.92 Å². The van der Waals surface area contributed by atoms with Gasteiger partial charge in [0.25, 0.3) is 0 Å². The molecule has 1 aromatic carbocycles. The minimum Gasteiger partial charge on any atom is -0.294 e. The van der Waals surface area contributed by atoms with Crippen molar-refractivity contribution in [3.63, 3.8) is 0 Å². The summed E-state index contributed by atoms with van der Waals surface area (Å²) in [4.78, 5) is 11.8. The lowest BCUT2D eigenvalue weighted by atomic mass is 9.91. The van der Waals surface area contributed by atoms with Crippen LogP contribution >= 0.6 is 0 Å². The summed E-state index contributed by atoms with van der Waals surface area (Å²) in [6.07, 6.45) is 1.06. The van der Waals surface area contributed by atoms with Crippen molar-refractivity contribution >= 4 is 5.78 Å². The molecule has 0 amide bonds. The van der Waals surface area contributed by atoms with Crippen LogP contribution in [-0.2, 0) is 0 Å². The zero-order chi connectivity index (χ0) is 9.42. The summed E-state index contributed by atoms with van der Waals surface area (Å²) in [5, 5.41) is 0. The lowest BCUT2D eigenvalue weighted by molar-refractivity contribution is 0.0933. The Hall–Kier alpha value is -1.11. The van der Waals surface area contributed by atoms with Gasteiger partial charge in [0.05, 0.1) is 0 Å². The average molecular weight is 174 g/mol. The first kappa shape index (κ1) is 8.49. The minimum atomic E-state index is 0.183. The van der Waals surface area contributed by atoms with Crippen LogP contribution in [0.4, 0.5) is 0 Å². The molecule has 68 valence electrons. The quantitative estimate of drug-likeness (QED) is 0.639. The summed E-state index contributed by atoms with van der Waals surface area (Å²) in [6, 6.07) is 8.00. The van der Waals surface area contributed by atoms with Crippen molar-refractivity contribution in [1.82, 2.24) is 0 Å². The molecule has 0 N–H and O–H groups in total. The van der Waals surface area contributed by atoms with Crippen LogP contribution in [0.2, 0.25) is 0 Å². The largest absolute Gasteiger partial charge is 0.294 e. The Morgan fingerprint density at radius 1 is 1.31 bits per heavy atom. The Labute approximate surface area is 78.8 Å². The maximum atomic E-state index is 11.8. The number of rotatable bonds is 1. The number of carbonyl (C=O) groups excluding carboxylic acids is 1. The van der Waals surface area contributed by atoms with Gasteiger partial charge in [0.2, 0.25) is 0 Å². The standard InChI is InChI=1S/C12H14O/c1-3-9-8(2)12(13)11-7-5-4-6-10(9)11/h4-9H,3H2,1-2H3/t8-,9+/m0/s1. The number of benzene rings is 1. The molecule has 1 aliphatic carbocycles. The van der Waals surface area contributed by atoms with E-state index in [0.717, 1.165) is 12.0 Å². The van der Waals surface area contributed by atoms with Gasteiger partial charge in [-0.25, -0.2) is 0 Å². The third-order valence-electron chi connectivity index (χ3n) is 3.08. The van der Waals surface area contributed by atoms with E-state index < -0.39 is 0 Å². The molecule has 1 aliphatic rings. The maximum Gasteiger partial charge on any atom is 0.166 e. The first-order valence-corrected chi connectivity index (χ1v) is 4.88. The van der Waals surface area contributed by atoms with Gasteiger partial charge < -0.3 is 0 Å². The van der Waals surface area contributed by atoms with Gasteiger partial charge in [-0.15, -0.1) is 0 Å². The average Bonchev–Trinajstić information content (AvgIpc) is 2.41. The molecule has 1 aromatic rings. The molecular weight excluding hydrogens is 160 g/mol. The monoisotopic (exact) mass is 174 g/mol. The Kier molecular flexibility index (Phi) is 1.95. The lowest BCUT2D eigenvalue weighted by Crippen LogP contribution is -2.08. The van der Waals surface area contributed by atoms with Crippen molar-refractivity contribution in [1.29, 1.82) is 0 Å². The number of hydrogen-bond acceptors (Lipinski definition) is 1. The molecule has 13 heavy (non-hydrogen) atoms. The van der Waals surface area contributed by atoms with Gasteiger partial charge in [-0.2, -0.15) is 0 Å². The smallest absolute Gasteiger partial charge is 0.166 e. The van der Waals surface area contributed by atoms with Crippen LogP contribution in [0.1, 0.15) is 42.1 Å².